The van der Waals surface area contributed by atoms with E-state index >= 15 is 0 Å². The Labute approximate surface area is 166 Å². The lowest BCUT2D eigenvalue weighted by atomic mass is 10.3. The fraction of sp³-hybridized carbons (Fsp3) is 0.357. The first kappa shape index (κ1) is 22.5. The van der Waals surface area contributed by atoms with Crippen LogP contribution in [0.2, 0.25) is 5.02 Å². The number of pyridine rings is 1. The predicted molar refractivity (Wildman–Crippen MR) is 97.1 cm³/mol. The summed E-state index contributed by atoms with van der Waals surface area (Å²) in [6, 6.07) is 0.731. The van der Waals surface area contributed by atoms with E-state index in [9.17, 15) is 31.2 Å². The van der Waals surface area contributed by atoms with E-state index < -0.39 is 37.9 Å². The molecule has 0 aromatic carbocycles. The largest absolute Gasteiger partial charge is 0.417 e. The number of nitrogens with one attached hydrogen (secondary N) is 1. The number of halogens is 4. The van der Waals surface area contributed by atoms with Gasteiger partial charge in [-0.25, -0.2) is 22.9 Å². The van der Waals surface area contributed by atoms with Crippen LogP contribution >= 0.6 is 23.4 Å². The van der Waals surface area contributed by atoms with Gasteiger partial charge < -0.3 is 4.57 Å². The molecule has 0 amide bonds. The summed E-state index contributed by atoms with van der Waals surface area (Å²) >= 11 is 6.71. The number of nitrogens with zero attached hydrogens (tertiary/aromatic N) is 3. The van der Waals surface area contributed by atoms with Crippen molar-refractivity contribution in [3.8, 4) is 0 Å². The molecule has 0 bridgehead atoms. The van der Waals surface area contributed by atoms with Crippen LogP contribution in [-0.4, -0.2) is 34.8 Å². The number of hydrogen-bond donors (Lipinski definition) is 1. The summed E-state index contributed by atoms with van der Waals surface area (Å²) in [7, 11) is -1.75. The molecular weight excluding hydrogens is 445 g/mol. The molecule has 28 heavy (non-hydrogen) atoms. The lowest BCUT2D eigenvalue weighted by Crippen LogP contribution is -2.41. The second-order valence-electron chi connectivity index (χ2n) is 5.51. The van der Waals surface area contributed by atoms with Gasteiger partial charge in [0.1, 0.15) is 5.03 Å². The highest BCUT2D eigenvalue weighted by atomic mass is 35.5. The summed E-state index contributed by atoms with van der Waals surface area (Å²) in [5.74, 6) is 0.0867. The molecule has 0 unspecified atom stereocenters. The highest BCUT2D eigenvalue weighted by molar-refractivity contribution is 7.99. The van der Waals surface area contributed by atoms with Crippen molar-refractivity contribution >= 4 is 33.4 Å². The maximum atomic E-state index is 12.6. The summed E-state index contributed by atoms with van der Waals surface area (Å²) in [4.78, 5) is 26.6. The quantitative estimate of drug-likeness (QED) is 0.516. The minimum atomic E-state index is -4.57. The Kier molecular flexibility index (Phi) is 6.63. The van der Waals surface area contributed by atoms with Crippen molar-refractivity contribution in [2.45, 2.75) is 16.1 Å². The average molecular weight is 459 g/mol. The number of hydrogen-bond acceptors (Lipinski definition) is 6. The highest BCUT2D eigenvalue weighted by Gasteiger charge is 2.31. The normalized spacial score (nSPS) is 12.4. The minimum Gasteiger partial charge on any atom is -0.302 e. The molecule has 0 saturated carbocycles. The molecular formula is C14H14ClF3N4O4S2. The fourth-order valence-electron chi connectivity index (χ4n) is 2.05. The molecule has 0 aliphatic heterocycles. The number of aryl methyl sites for hydroxylation is 1. The van der Waals surface area contributed by atoms with Gasteiger partial charge in [0.2, 0.25) is 10.0 Å². The van der Waals surface area contributed by atoms with Gasteiger partial charge in [-0.15, -0.1) is 11.8 Å². The van der Waals surface area contributed by atoms with Gasteiger partial charge in [-0.3, -0.25) is 9.36 Å². The number of thioether (sulfide) groups is 1. The number of sulfonamides is 1. The van der Waals surface area contributed by atoms with E-state index in [2.05, 4.69) is 9.71 Å². The monoisotopic (exact) mass is 458 g/mol. The van der Waals surface area contributed by atoms with Crippen molar-refractivity contribution in [2.75, 3.05) is 12.3 Å². The van der Waals surface area contributed by atoms with Crippen molar-refractivity contribution in [3.05, 3.63) is 49.9 Å². The van der Waals surface area contributed by atoms with Gasteiger partial charge >= 0.3 is 11.9 Å². The predicted octanol–water partition coefficient (Wildman–Crippen LogP) is 1.22. The molecule has 0 atom stereocenters. The molecule has 2 rings (SSSR count). The first-order valence-corrected chi connectivity index (χ1v) is 10.3. The van der Waals surface area contributed by atoms with Crippen LogP contribution < -0.4 is 16.0 Å². The van der Waals surface area contributed by atoms with Gasteiger partial charge in [0, 0.05) is 38.8 Å². The SMILES string of the molecule is Cn1cc(S(=O)(=O)NCCSc2ncc(C(F)(F)F)cc2Cl)c(=O)n(C)c1=O. The van der Waals surface area contributed by atoms with Gasteiger partial charge in [0.25, 0.3) is 5.56 Å². The van der Waals surface area contributed by atoms with Crippen molar-refractivity contribution < 1.29 is 21.6 Å². The van der Waals surface area contributed by atoms with Gasteiger partial charge in [-0.05, 0) is 6.07 Å². The number of aromatic nitrogens is 3. The molecule has 2 aromatic heterocycles. The van der Waals surface area contributed by atoms with E-state index in [0.29, 0.717) is 10.8 Å². The maximum Gasteiger partial charge on any atom is 0.417 e. The molecule has 2 aromatic rings. The topological polar surface area (TPSA) is 103 Å². The molecule has 14 heteroatoms. The van der Waals surface area contributed by atoms with Crippen molar-refractivity contribution in [1.29, 1.82) is 0 Å². The van der Waals surface area contributed by atoms with Crippen LogP contribution in [0.5, 0.6) is 0 Å². The Morgan fingerprint density at radius 2 is 1.93 bits per heavy atom. The molecule has 0 aliphatic carbocycles. The molecule has 154 valence electrons. The van der Waals surface area contributed by atoms with E-state index in [-0.39, 0.29) is 22.3 Å². The Morgan fingerprint density at radius 1 is 1.29 bits per heavy atom. The van der Waals surface area contributed by atoms with Gasteiger partial charge in [-0.1, -0.05) is 11.6 Å². The molecule has 0 fully saturated rings. The molecule has 8 nitrogen and oxygen atoms in total. The molecule has 0 radical (unpaired) electrons. The molecule has 2 heterocycles. The third-order valence-corrected chi connectivity index (χ3v) is 6.32. The summed E-state index contributed by atoms with van der Waals surface area (Å²) < 4.78 is 66.1. The first-order chi connectivity index (χ1) is 12.8. The van der Waals surface area contributed by atoms with E-state index in [1.54, 1.807) is 0 Å². The Morgan fingerprint density at radius 3 is 2.50 bits per heavy atom. The Hall–Kier alpha value is -1.83. The van der Waals surface area contributed by atoms with Crippen LogP contribution in [0.3, 0.4) is 0 Å². The molecule has 0 saturated heterocycles. The van der Waals surface area contributed by atoms with E-state index in [4.69, 9.17) is 11.6 Å². The molecule has 1 N–H and O–H groups in total. The van der Waals surface area contributed by atoms with Crippen LogP contribution in [0.25, 0.3) is 0 Å². The zero-order chi connectivity index (χ0) is 21.3. The summed E-state index contributed by atoms with van der Waals surface area (Å²) in [5.41, 5.74) is -2.65. The average Bonchev–Trinajstić information content (AvgIpc) is 2.60. The second-order valence-corrected chi connectivity index (χ2v) is 8.73. The maximum absolute atomic E-state index is 12.6. The Balaban J connectivity index is 2.06. The van der Waals surface area contributed by atoms with Crippen LogP contribution in [0.4, 0.5) is 13.2 Å². The number of alkyl halides is 3. The van der Waals surface area contributed by atoms with Crippen LogP contribution in [0, 0.1) is 0 Å². The number of rotatable bonds is 6. The van der Waals surface area contributed by atoms with Gasteiger partial charge in [0.05, 0.1) is 10.6 Å². The van der Waals surface area contributed by atoms with Crippen molar-refractivity contribution in [3.63, 3.8) is 0 Å². The van der Waals surface area contributed by atoms with Crippen LogP contribution in [0.15, 0.2) is 38.0 Å². The smallest absolute Gasteiger partial charge is 0.302 e. The molecule has 0 spiro atoms. The van der Waals surface area contributed by atoms with Crippen LogP contribution in [-0.2, 0) is 30.3 Å². The zero-order valence-electron chi connectivity index (χ0n) is 14.4. The lowest BCUT2D eigenvalue weighted by Gasteiger charge is -2.10. The fourth-order valence-corrected chi connectivity index (χ4v) is 4.42. The Bertz CT molecular complexity index is 1110. The van der Waals surface area contributed by atoms with E-state index in [0.717, 1.165) is 35.6 Å². The summed E-state index contributed by atoms with van der Waals surface area (Å²) in [6.07, 6.45) is -3.03. The van der Waals surface area contributed by atoms with Crippen molar-refractivity contribution in [2.24, 2.45) is 14.1 Å². The standard InChI is InChI=1S/C14H14ClF3N4O4S2/c1-21-7-10(12(23)22(2)13(21)24)28(25,26)20-3-4-27-11-9(15)5-8(6-19-11)14(16,17)18/h5-7,20H,3-4H2,1-2H3. The third kappa shape index (κ3) is 4.96. The zero-order valence-corrected chi connectivity index (χ0v) is 16.8. The van der Waals surface area contributed by atoms with Gasteiger partial charge in [-0.2, -0.15) is 13.2 Å². The van der Waals surface area contributed by atoms with E-state index in [1.165, 1.54) is 7.05 Å². The first-order valence-electron chi connectivity index (χ1n) is 7.46. The van der Waals surface area contributed by atoms with Gasteiger partial charge in [0.15, 0.2) is 4.90 Å². The summed E-state index contributed by atoms with van der Waals surface area (Å²) in [6.45, 7) is -0.155. The molecule has 0 aliphatic rings. The third-order valence-electron chi connectivity index (χ3n) is 3.47. The van der Waals surface area contributed by atoms with Crippen LogP contribution in [0.1, 0.15) is 5.56 Å². The lowest BCUT2D eigenvalue weighted by molar-refractivity contribution is -0.137. The second kappa shape index (κ2) is 8.27. The highest BCUT2D eigenvalue weighted by Crippen LogP contribution is 2.33. The van der Waals surface area contributed by atoms with Crippen molar-refractivity contribution in [1.82, 2.24) is 18.8 Å². The summed E-state index contributed by atoms with van der Waals surface area (Å²) in [5, 5.41) is -0.110. The van der Waals surface area contributed by atoms with E-state index in [1.807, 2.05) is 0 Å². The minimum absolute atomic E-state index is 0.0867.